The zero-order chi connectivity index (χ0) is 12.1. The molecule has 0 aliphatic rings. The standard InChI is InChI=1S/C13H20BrNO/c1-10(2)11-5-6-13(16-4)12(7-11)8-15(3)9-14/h5-7,10H,8-9H2,1-4H3. The van der Waals surface area contributed by atoms with Crippen LogP contribution in [0.4, 0.5) is 0 Å². The molecule has 2 nitrogen and oxygen atoms in total. The summed E-state index contributed by atoms with van der Waals surface area (Å²) in [4.78, 5) is 2.20. The molecule has 0 atom stereocenters. The molecule has 0 unspecified atom stereocenters. The molecule has 0 amide bonds. The van der Waals surface area contributed by atoms with Crippen molar-refractivity contribution in [3.8, 4) is 5.75 Å². The molecule has 1 aromatic carbocycles. The van der Waals surface area contributed by atoms with Crippen LogP contribution in [0.25, 0.3) is 0 Å². The molecule has 0 spiro atoms. The fraction of sp³-hybridized carbons (Fsp3) is 0.538. The van der Waals surface area contributed by atoms with E-state index in [1.54, 1.807) is 7.11 Å². The molecule has 1 rings (SSSR count). The van der Waals surface area contributed by atoms with Gasteiger partial charge in [0.2, 0.25) is 0 Å². The monoisotopic (exact) mass is 285 g/mol. The summed E-state index contributed by atoms with van der Waals surface area (Å²) < 4.78 is 5.38. The van der Waals surface area contributed by atoms with Crippen molar-refractivity contribution in [2.45, 2.75) is 26.3 Å². The first kappa shape index (κ1) is 13.5. The molecular formula is C13H20BrNO. The van der Waals surface area contributed by atoms with Crippen LogP contribution in [0, 0.1) is 0 Å². The number of methoxy groups -OCH3 is 1. The SMILES string of the molecule is COc1ccc(C(C)C)cc1CN(C)CBr. The fourth-order valence-corrected chi connectivity index (χ4v) is 1.79. The van der Waals surface area contributed by atoms with Crippen LogP contribution in [0.5, 0.6) is 5.75 Å². The number of nitrogens with zero attached hydrogens (tertiary/aromatic N) is 1. The third-order valence-corrected chi connectivity index (χ3v) is 3.47. The number of alkyl halides is 1. The molecule has 0 saturated heterocycles. The largest absolute Gasteiger partial charge is 0.496 e. The van der Waals surface area contributed by atoms with Gasteiger partial charge in [0.15, 0.2) is 0 Å². The summed E-state index contributed by atoms with van der Waals surface area (Å²) in [6, 6.07) is 6.44. The third kappa shape index (κ3) is 3.49. The summed E-state index contributed by atoms with van der Waals surface area (Å²) >= 11 is 3.45. The van der Waals surface area contributed by atoms with E-state index < -0.39 is 0 Å². The quantitative estimate of drug-likeness (QED) is 0.605. The lowest BCUT2D eigenvalue weighted by molar-refractivity contribution is 0.364. The van der Waals surface area contributed by atoms with E-state index in [-0.39, 0.29) is 0 Å². The molecule has 0 saturated carbocycles. The van der Waals surface area contributed by atoms with Crippen LogP contribution >= 0.6 is 15.9 Å². The summed E-state index contributed by atoms with van der Waals surface area (Å²) in [6.07, 6.45) is 0. The number of hydrogen-bond donors (Lipinski definition) is 0. The normalized spacial score (nSPS) is 11.2. The summed E-state index contributed by atoms with van der Waals surface area (Å²) in [7, 11) is 3.80. The van der Waals surface area contributed by atoms with Crippen LogP contribution < -0.4 is 4.74 Å². The fourth-order valence-electron chi connectivity index (χ4n) is 1.61. The maximum absolute atomic E-state index is 5.38. The van der Waals surface area contributed by atoms with Crippen molar-refractivity contribution in [1.29, 1.82) is 0 Å². The number of benzene rings is 1. The molecule has 0 heterocycles. The lowest BCUT2D eigenvalue weighted by Gasteiger charge is -2.17. The highest BCUT2D eigenvalue weighted by atomic mass is 79.9. The van der Waals surface area contributed by atoms with E-state index in [4.69, 9.17) is 4.74 Å². The second kappa shape index (κ2) is 6.26. The van der Waals surface area contributed by atoms with E-state index >= 15 is 0 Å². The van der Waals surface area contributed by atoms with E-state index in [9.17, 15) is 0 Å². The Kier molecular flexibility index (Phi) is 5.29. The van der Waals surface area contributed by atoms with Gasteiger partial charge in [-0.2, -0.15) is 0 Å². The van der Waals surface area contributed by atoms with Gasteiger partial charge in [0.05, 0.1) is 12.6 Å². The van der Waals surface area contributed by atoms with E-state index in [2.05, 4.69) is 59.9 Å². The van der Waals surface area contributed by atoms with Crippen molar-refractivity contribution in [1.82, 2.24) is 4.90 Å². The molecule has 1 aromatic rings. The minimum atomic E-state index is 0.555. The van der Waals surface area contributed by atoms with Gasteiger partial charge < -0.3 is 4.74 Å². The van der Waals surface area contributed by atoms with Gasteiger partial charge in [-0.05, 0) is 24.6 Å². The Morgan fingerprint density at radius 1 is 1.38 bits per heavy atom. The molecule has 16 heavy (non-hydrogen) atoms. The van der Waals surface area contributed by atoms with E-state index in [0.29, 0.717) is 5.92 Å². The van der Waals surface area contributed by atoms with Gasteiger partial charge in [0.1, 0.15) is 5.75 Å². The zero-order valence-electron chi connectivity index (χ0n) is 10.5. The van der Waals surface area contributed by atoms with Gasteiger partial charge in [-0.1, -0.05) is 41.9 Å². The number of halogens is 1. The van der Waals surface area contributed by atoms with Crippen molar-refractivity contribution >= 4 is 15.9 Å². The van der Waals surface area contributed by atoms with Gasteiger partial charge in [-0.25, -0.2) is 0 Å². The van der Waals surface area contributed by atoms with Crippen LogP contribution in [-0.2, 0) is 6.54 Å². The number of hydrogen-bond acceptors (Lipinski definition) is 2. The second-order valence-electron chi connectivity index (χ2n) is 4.36. The predicted molar refractivity (Wildman–Crippen MR) is 72.3 cm³/mol. The van der Waals surface area contributed by atoms with Crippen LogP contribution in [0.1, 0.15) is 30.9 Å². The number of ether oxygens (including phenoxy) is 1. The van der Waals surface area contributed by atoms with Crippen LogP contribution in [0.2, 0.25) is 0 Å². The first-order chi connectivity index (χ1) is 7.58. The average molecular weight is 286 g/mol. The predicted octanol–water partition coefficient (Wildman–Crippen LogP) is 3.60. The molecule has 0 fully saturated rings. The van der Waals surface area contributed by atoms with Gasteiger partial charge in [-0.15, -0.1) is 0 Å². The molecule has 0 aromatic heterocycles. The smallest absolute Gasteiger partial charge is 0.123 e. The first-order valence-corrected chi connectivity index (χ1v) is 6.62. The topological polar surface area (TPSA) is 12.5 Å². The van der Waals surface area contributed by atoms with E-state index in [1.165, 1.54) is 11.1 Å². The van der Waals surface area contributed by atoms with Crippen LogP contribution in [0.15, 0.2) is 18.2 Å². The third-order valence-electron chi connectivity index (χ3n) is 2.62. The average Bonchev–Trinajstić information content (AvgIpc) is 2.28. The van der Waals surface area contributed by atoms with E-state index in [1.807, 2.05) is 0 Å². The molecular weight excluding hydrogens is 266 g/mol. The van der Waals surface area contributed by atoms with Gasteiger partial charge >= 0.3 is 0 Å². The molecule has 0 N–H and O–H groups in total. The maximum atomic E-state index is 5.38. The van der Waals surface area contributed by atoms with Crippen molar-refractivity contribution in [2.75, 3.05) is 19.6 Å². The Balaban J connectivity index is 2.97. The lowest BCUT2D eigenvalue weighted by Crippen LogP contribution is -2.15. The second-order valence-corrected chi connectivity index (χ2v) is 4.86. The van der Waals surface area contributed by atoms with Gasteiger partial charge in [0, 0.05) is 12.1 Å². The summed E-state index contributed by atoms with van der Waals surface area (Å²) in [5.41, 5.74) is 3.47. The van der Waals surface area contributed by atoms with Crippen molar-refractivity contribution in [3.05, 3.63) is 29.3 Å². The highest BCUT2D eigenvalue weighted by Gasteiger charge is 2.08. The van der Waals surface area contributed by atoms with Gasteiger partial charge in [-0.3, -0.25) is 4.90 Å². The Bertz CT molecular complexity index is 339. The van der Waals surface area contributed by atoms with E-state index in [0.717, 1.165) is 17.7 Å². The highest BCUT2D eigenvalue weighted by Crippen LogP contribution is 2.25. The summed E-state index contributed by atoms with van der Waals surface area (Å²) in [6.45, 7) is 5.31. The Morgan fingerprint density at radius 3 is 2.56 bits per heavy atom. The Morgan fingerprint density at radius 2 is 2.06 bits per heavy atom. The molecule has 0 aliphatic carbocycles. The zero-order valence-corrected chi connectivity index (χ0v) is 12.0. The Labute approximate surface area is 107 Å². The van der Waals surface area contributed by atoms with Crippen LogP contribution in [0.3, 0.4) is 0 Å². The number of rotatable bonds is 5. The van der Waals surface area contributed by atoms with Crippen molar-refractivity contribution in [3.63, 3.8) is 0 Å². The summed E-state index contributed by atoms with van der Waals surface area (Å²) in [5.74, 6) is 1.52. The van der Waals surface area contributed by atoms with Gasteiger partial charge in [0.25, 0.3) is 0 Å². The molecule has 90 valence electrons. The first-order valence-electron chi connectivity index (χ1n) is 5.49. The summed E-state index contributed by atoms with van der Waals surface area (Å²) in [5, 5.41) is 0. The molecule has 0 radical (unpaired) electrons. The minimum absolute atomic E-state index is 0.555. The minimum Gasteiger partial charge on any atom is -0.496 e. The molecule has 0 bridgehead atoms. The van der Waals surface area contributed by atoms with Crippen molar-refractivity contribution < 1.29 is 4.74 Å². The highest BCUT2D eigenvalue weighted by molar-refractivity contribution is 9.09. The maximum Gasteiger partial charge on any atom is 0.123 e. The van der Waals surface area contributed by atoms with Crippen LogP contribution in [-0.4, -0.2) is 24.5 Å². The van der Waals surface area contributed by atoms with Crippen molar-refractivity contribution in [2.24, 2.45) is 0 Å². The molecule has 3 heteroatoms. The molecule has 0 aliphatic heterocycles. The lowest BCUT2D eigenvalue weighted by atomic mass is 10.00. The Hall–Kier alpha value is -0.540.